The third kappa shape index (κ3) is 5.19. The molecule has 0 fully saturated rings. The molecule has 2 aromatic rings. The largest absolute Gasteiger partial charge is 0.359 e. The van der Waals surface area contributed by atoms with Gasteiger partial charge in [0.25, 0.3) is 0 Å². The standard InChI is InChI=1S/C16H23NO6S2/c1-16(2,23-11-21-4)14(22-10-20-3)9-25(18,19)15-17-12-7-5-6-8-13(12)24-15/h5-8,14H,9-11H2,1-4H3/t14-/m0/s1. The van der Waals surface area contributed by atoms with Gasteiger partial charge in [0.1, 0.15) is 19.7 Å². The smallest absolute Gasteiger partial charge is 0.210 e. The Morgan fingerprint density at radius 2 is 1.84 bits per heavy atom. The van der Waals surface area contributed by atoms with E-state index in [0.29, 0.717) is 5.52 Å². The molecule has 1 aromatic carbocycles. The second-order valence-electron chi connectivity index (χ2n) is 5.95. The number of ether oxygens (including phenoxy) is 4. The van der Waals surface area contributed by atoms with Crippen LogP contribution < -0.4 is 0 Å². The number of rotatable bonds is 10. The van der Waals surface area contributed by atoms with Crippen LogP contribution in [-0.2, 0) is 28.8 Å². The lowest BCUT2D eigenvalue weighted by Gasteiger charge is -2.33. The average Bonchev–Trinajstić information content (AvgIpc) is 3.01. The maximum Gasteiger partial charge on any atom is 0.210 e. The minimum atomic E-state index is -3.65. The van der Waals surface area contributed by atoms with Crippen molar-refractivity contribution >= 4 is 31.4 Å². The van der Waals surface area contributed by atoms with Gasteiger partial charge in [-0.2, -0.15) is 0 Å². The predicted molar refractivity (Wildman–Crippen MR) is 95.5 cm³/mol. The van der Waals surface area contributed by atoms with E-state index in [-0.39, 0.29) is 23.7 Å². The Labute approximate surface area is 151 Å². The summed E-state index contributed by atoms with van der Waals surface area (Å²) in [5.41, 5.74) is -0.228. The van der Waals surface area contributed by atoms with Crippen LogP contribution in [0.4, 0.5) is 0 Å². The van der Waals surface area contributed by atoms with Crippen molar-refractivity contribution in [1.29, 1.82) is 0 Å². The van der Waals surface area contributed by atoms with Crippen LogP contribution in [0.1, 0.15) is 13.8 Å². The number of sulfone groups is 1. The van der Waals surface area contributed by atoms with Crippen LogP contribution in [-0.4, -0.2) is 58.7 Å². The zero-order valence-corrected chi connectivity index (χ0v) is 16.4. The van der Waals surface area contributed by atoms with E-state index in [4.69, 9.17) is 18.9 Å². The van der Waals surface area contributed by atoms with Crippen LogP contribution in [0.3, 0.4) is 0 Å². The number of nitrogens with zero attached hydrogens (tertiary/aromatic N) is 1. The molecular formula is C16H23NO6S2. The van der Waals surface area contributed by atoms with Gasteiger partial charge in [0, 0.05) is 14.2 Å². The van der Waals surface area contributed by atoms with E-state index in [0.717, 1.165) is 16.0 Å². The molecule has 0 saturated heterocycles. The number of aromatic nitrogens is 1. The second-order valence-corrected chi connectivity index (χ2v) is 9.18. The third-order valence-corrected chi connectivity index (χ3v) is 6.83. The first kappa shape index (κ1) is 20.2. The van der Waals surface area contributed by atoms with Crippen LogP contribution in [0.25, 0.3) is 10.2 Å². The van der Waals surface area contributed by atoms with Crippen molar-refractivity contribution in [3.8, 4) is 0 Å². The maximum atomic E-state index is 12.8. The Kier molecular flexibility index (Phi) is 6.89. The zero-order valence-electron chi connectivity index (χ0n) is 14.7. The van der Waals surface area contributed by atoms with E-state index in [9.17, 15) is 8.42 Å². The minimum Gasteiger partial charge on any atom is -0.359 e. The number of methoxy groups -OCH3 is 2. The fraction of sp³-hybridized carbons (Fsp3) is 0.562. The normalized spacial score (nSPS) is 14.1. The van der Waals surface area contributed by atoms with Gasteiger partial charge < -0.3 is 18.9 Å². The lowest BCUT2D eigenvalue weighted by molar-refractivity contribution is -0.188. The van der Waals surface area contributed by atoms with E-state index in [1.807, 2.05) is 18.2 Å². The Morgan fingerprint density at radius 3 is 2.48 bits per heavy atom. The first-order valence-corrected chi connectivity index (χ1v) is 10.1. The molecule has 140 valence electrons. The van der Waals surface area contributed by atoms with E-state index in [1.165, 1.54) is 14.2 Å². The van der Waals surface area contributed by atoms with Gasteiger partial charge in [0.2, 0.25) is 14.2 Å². The summed E-state index contributed by atoms with van der Waals surface area (Å²) in [6, 6.07) is 7.31. The topological polar surface area (TPSA) is 84.0 Å². The number of hydrogen-bond acceptors (Lipinski definition) is 8. The van der Waals surface area contributed by atoms with Crippen LogP contribution in [0.2, 0.25) is 0 Å². The predicted octanol–water partition coefficient (Wildman–Crippen LogP) is 2.46. The molecule has 7 nitrogen and oxygen atoms in total. The van der Waals surface area contributed by atoms with Gasteiger partial charge in [-0.3, -0.25) is 0 Å². The molecule has 1 atom stereocenters. The molecule has 0 spiro atoms. The van der Waals surface area contributed by atoms with Crippen molar-refractivity contribution in [2.75, 3.05) is 33.6 Å². The summed E-state index contributed by atoms with van der Waals surface area (Å²) in [5, 5.41) is 0. The molecule has 0 saturated carbocycles. The SMILES string of the molecule is COCO[C@@H](CS(=O)(=O)c1nc2ccccc2s1)C(C)(C)OCOC. The van der Waals surface area contributed by atoms with Gasteiger partial charge >= 0.3 is 0 Å². The number of para-hydroxylation sites is 1. The van der Waals surface area contributed by atoms with E-state index < -0.39 is 21.5 Å². The highest BCUT2D eigenvalue weighted by Gasteiger charge is 2.37. The molecule has 0 N–H and O–H groups in total. The molecule has 1 heterocycles. The van der Waals surface area contributed by atoms with Gasteiger partial charge in [-0.15, -0.1) is 11.3 Å². The monoisotopic (exact) mass is 389 g/mol. The number of fused-ring (bicyclic) bond motifs is 1. The lowest BCUT2D eigenvalue weighted by atomic mass is 10.0. The lowest BCUT2D eigenvalue weighted by Crippen LogP contribution is -2.46. The van der Waals surface area contributed by atoms with E-state index in [2.05, 4.69) is 4.98 Å². The van der Waals surface area contributed by atoms with Crippen molar-refractivity contribution in [3.63, 3.8) is 0 Å². The first-order valence-electron chi connectivity index (χ1n) is 7.62. The molecule has 0 unspecified atom stereocenters. The van der Waals surface area contributed by atoms with Crippen molar-refractivity contribution in [3.05, 3.63) is 24.3 Å². The molecule has 9 heteroatoms. The Hall–Kier alpha value is -1.10. The summed E-state index contributed by atoms with van der Waals surface area (Å²) < 4.78 is 47.6. The third-order valence-electron chi connectivity index (χ3n) is 3.62. The molecular weight excluding hydrogens is 366 g/mol. The van der Waals surface area contributed by atoms with Gasteiger partial charge in [-0.1, -0.05) is 12.1 Å². The van der Waals surface area contributed by atoms with Crippen molar-refractivity contribution in [2.45, 2.75) is 29.9 Å². The average molecular weight is 389 g/mol. The summed E-state index contributed by atoms with van der Waals surface area (Å²) in [6.45, 7) is 3.49. The van der Waals surface area contributed by atoms with Crippen molar-refractivity contribution in [2.24, 2.45) is 0 Å². The molecule has 0 radical (unpaired) electrons. The van der Waals surface area contributed by atoms with Gasteiger partial charge in [0.05, 0.1) is 21.6 Å². The molecule has 0 bridgehead atoms. The van der Waals surface area contributed by atoms with Gasteiger partial charge in [0.15, 0.2) is 0 Å². The summed E-state index contributed by atoms with van der Waals surface area (Å²) in [5.74, 6) is -0.271. The highest BCUT2D eigenvalue weighted by molar-refractivity contribution is 7.93. The van der Waals surface area contributed by atoms with E-state index >= 15 is 0 Å². The van der Waals surface area contributed by atoms with Crippen LogP contribution >= 0.6 is 11.3 Å². The zero-order chi connectivity index (χ0) is 18.5. The Bertz CT molecular complexity index is 754. The molecule has 0 aliphatic carbocycles. The highest BCUT2D eigenvalue weighted by Crippen LogP contribution is 2.28. The maximum absolute atomic E-state index is 12.8. The van der Waals surface area contributed by atoms with Crippen LogP contribution in [0.5, 0.6) is 0 Å². The number of thiazole rings is 1. The summed E-state index contributed by atoms with van der Waals surface area (Å²) in [7, 11) is -0.681. The molecule has 0 amide bonds. The van der Waals surface area contributed by atoms with Gasteiger partial charge in [-0.05, 0) is 26.0 Å². The van der Waals surface area contributed by atoms with Crippen molar-refractivity contribution in [1.82, 2.24) is 4.98 Å². The fourth-order valence-electron chi connectivity index (χ4n) is 2.16. The molecule has 0 aliphatic heterocycles. The molecule has 1 aromatic heterocycles. The van der Waals surface area contributed by atoms with E-state index in [1.54, 1.807) is 19.9 Å². The molecule has 0 aliphatic rings. The Balaban J connectivity index is 2.25. The van der Waals surface area contributed by atoms with Crippen molar-refractivity contribution < 1.29 is 27.4 Å². The second kappa shape index (κ2) is 8.52. The fourth-order valence-corrected chi connectivity index (χ4v) is 5.11. The first-order chi connectivity index (χ1) is 11.8. The van der Waals surface area contributed by atoms with Crippen LogP contribution in [0, 0.1) is 0 Å². The Morgan fingerprint density at radius 1 is 1.16 bits per heavy atom. The minimum absolute atomic E-state index is 0.0288. The quantitative estimate of drug-likeness (QED) is 0.577. The summed E-state index contributed by atoms with van der Waals surface area (Å²) >= 11 is 1.15. The molecule has 2 rings (SSSR count). The number of hydrogen-bond donors (Lipinski definition) is 0. The van der Waals surface area contributed by atoms with Crippen LogP contribution in [0.15, 0.2) is 28.6 Å². The highest BCUT2D eigenvalue weighted by atomic mass is 32.2. The van der Waals surface area contributed by atoms with Gasteiger partial charge in [-0.25, -0.2) is 13.4 Å². The summed E-state index contributed by atoms with van der Waals surface area (Å²) in [4.78, 5) is 4.24. The number of benzene rings is 1. The molecule has 25 heavy (non-hydrogen) atoms. The summed E-state index contributed by atoms with van der Waals surface area (Å²) in [6.07, 6.45) is -0.750.